The summed E-state index contributed by atoms with van der Waals surface area (Å²) in [7, 11) is 0. The molecule has 1 aliphatic heterocycles. The van der Waals surface area contributed by atoms with E-state index in [-0.39, 0.29) is 0 Å². The molecule has 1 aromatic carbocycles. The van der Waals surface area contributed by atoms with Gasteiger partial charge in [0.1, 0.15) is 0 Å². The molecule has 0 bridgehead atoms. The zero-order chi connectivity index (χ0) is 13.2. The van der Waals surface area contributed by atoms with Crippen LogP contribution in [0.4, 0.5) is 11.6 Å². The summed E-state index contributed by atoms with van der Waals surface area (Å²) in [4.78, 5) is 6.55. The maximum absolute atomic E-state index is 6.13. The first kappa shape index (κ1) is 12.3. The fraction of sp³-hybridized carbons (Fsp3) is 0.385. The van der Waals surface area contributed by atoms with Crippen LogP contribution in [-0.2, 0) is 0 Å². The molecule has 1 saturated heterocycles. The Hall–Kier alpha value is -1.75. The molecule has 0 amide bonds. The second-order valence-corrected chi connectivity index (χ2v) is 5.09. The summed E-state index contributed by atoms with van der Waals surface area (Å²) < 4.78 is 5.30. The summed E-state index contributed by atoms with van der Waals surface area (Å²) in [6, 6.07) is 5.22. The molecule has 1 aliphatic rings. The highest BCUT2D eigenvalue weighted by Crippen LogP contribution is 2.30. The Morgan fingerprint density at radius 1 is 1.21 bits per heavy atom. The summed E-state index contributed by atoms with van der Waals surface area (Å²) in [6.45, 7) is 1.95. The molecule has 19 heavy (non-hydrogen) atoms. The predicted molar refractivity (Wildman–Crippen MR) is 75.2 cm³/mol. The van der Waals surface area contributed by atoms with Crippen molar-refractivity contribution in [2.75, 3.05) is 23.7 Å². The summed E-state index contributed by atoms with van der Waals surface area (Å²) in [5.74, 6) is 1.05. The molecule has 0 unspecified atom stereocenters. The van der Waals surface area contributed by atoms with E-state index >= 15 is 0 Å². The van der Waals surface area contributed by atoms with Gasteiger partial charge in [0.05, 0.1) is 10.6 Å². The van der Waals surface area contributed by atoms with Gasteiger partial charge in [-0.3, -0.25) is 0 Å². The van der Waals surface area contributed by atoms with Crippen molar-refractivity contribution in [3.63, 3.8) is 0 Å². The quantitative estimate of drug-likeness (QED) is 0.856. The Balaban J connectivity index is 1.89. The molecule has 0 radical (unpaired) electrons. The van der Waals surface area contributed by atoms with Crippen molar-refractivity contribution in [2.45, 2.75) is 19.3 Å². The summed E-state index contributed by atoms with van der Waals surface area (Å²) in [6.07, 6.45) is 3.61. The first-order chi connectivity index (χ1) is 9.24. The minimum Gasteiger partial charge on any atom is -0.399 e. The van der Waals surface area contributed by atoms with E-state index < -0.39 is 0 Å². The van der Waals surface area contributed by atoms with Gasteiger partial charge in [0.2, 0.25) is 0 Å². The molecule has 1 aromatic heterocycles. The second kappa shape index (κ2) is 5.09. The largest absolute Gasteiger partial charge is 0.399 e. The van der Waals surface area contributed by atoms with E-state index in [1.54, 1.807) is 18.2 Å². The minimum atomic E-state index is 0.415. The summed E-state index contributed by atoms with van der Waals surface area (Å²) in [5.41, 5.74) is 7.06. The molecule has 1 fully saturated rings. The maximum Gasteiger partial charge on any atom is 0.266 e. The first-order valence-electron chi connectivity index (χ1n) is 6.38. The van der Waals surface area contributed by atoms with Crippen molar-refractivity contribution >= 4 is 23.2 Å². The Morgan fingerprint density at radius 3 is 2.79 bits per heavy atom. The third-order valence-electron chi connectivity index (χ3n) is 3.28. The molecular weight excluding hydrogens is 264 g/mol. The van der Waals surface area contributed by atoms with Crippen LogP contribution in [0.5, 0.6) is 0 Å². The number of anilines is 2. The molecular formula is C13H15ClN4O. The van der Waals surface area contributed by atoms with E-state index in [4.69, 9.17) is 21.9 Å². The molecule has 0 aliphatic carbocycles. The molecule has 0 saturated carbocycles. The Bertz CT molecular complexity index is 578. The van der Waals surface area contributed by atoms with Gasteiger partial charge in [0.15, 0.2) is 0 Å². The zero-order valence-corrected chi connectivity index (χ0v) is 11.2. The van der Waals surface area contributed by atoms with E-state index in [9.17, 15) is 0 Å². The van der Waals surface area contributed by atoms with Crippen molar-refractivity contribution in [1.82, 2.24) is 10.1 Å². The van der Waals surface area contributed by atoms with Gasteiger partial charge in [-0.25, -0.2) is 0 Å². The van der Waals surface area contributed by atoms with E-state index in [0.29, 0.717) is 28.1 Å². The lowest BCUT2D eigenvalue weighted by atomic mass is 10.1. The van der Waals surface area contributed by atoms with Gasteiger partial charge < -0.3 is 15.2 Å². The van der Waals surface area contributed by atoms with Crippen LogP contribution in [0.3, 0.4) is 0 Å². The molecule has 2 aromatic rings. The summed E-state index contributed by atoms with van der Waals surface area (Å²) in [5, 5.41) is 4.59. The lowest BCUT2D eigenvalue weighted by molar-refractivity contribution is 0.426. The highest BCUT2D eigenvalue weighted by Gasteiger charge is 2.18. The highest BCUT2D eigenvalue weighted by atomic mass is 35.5. The van der Waals surface area contributed by atoms with Crippen LogP contribution in [0.1, 0.15) is 19.3 Å². The molecule has 2 N–H and O–H groups in total. The smallest absolute Gasteiger partial charge is 0.266 e. The Kier molecular flexibility index (Phi) is 3.29. The van der Waals surface area contributed by atoms with Crippen molar-refractivity contribution in [3.8, 4) is 11.5 Å². The molecule has 5 nitrogen and oxygen atoms in total. The van der Waals surface area contributed by atoms with Crippen LogP contribution >= 0.6 is 11.6 Å². The third kappa shape index (κ3) is 2.51. The summed E-state index contributed by atoms with van der Waals surface area (Å²) >= 11 is 6.13. The number of halogens is 1. The average Bonchev–Trinajstić information content (AvgIpc) is 2.92. The predicted octanol–water partition coefficient (Wildman–Crippen LogP) is 2.96. The molecule has 100 valence electrons. The van der Waals surface area contributed by atoms with Crippen molar-refractivity contribution in [2.24, 2.45) is 0 Å². The van der Waals surface area contributed by atoms with Crippen LogP contribution in [0.15, 0.2) is 22.7 Å². The molecule has 3 rings (SSSR count). The van der Waals surface area contributed by atoms with Gasteiger partial charge in [0, 0.05) is 18.8 Å². The van der Waals surface area contributed by atoms with Crippen LogP contribution < -0.4 is 10.6 Å². The van der Waals surface area contributed by atoms with Crippen molar-refractivity contribution in [3.05, 3.63) is 23.2 Å². The number of aromatic nitrogens is 2. The number of hydrogen-bond acceptors (Lipinski definition) is 5. The molecule has 6 heteroatoms. The monoisotopic (exact) mass is 278 g/mol. The topological polar surface area (TPSA) is 68.2 Å². The van der Waals surface area contributed by atoms with Crippen molar-refractivity contribution in [1.29, 1.82) is 0 Å². The SMILES string of the molecule is Nc1ccc(Cl)c(-c2nc(N3CCCCC3)no2)c1. The van der Waals surface area contributed by atoms with Gasteiger partial charge >= 0.3 is 0 Å². The van der Waals surface area contributed by atoms with Crippen molar-refractivity contribution < 1.29 is 4.52 Å². The second-order valence-electron chi connectivity index (χ2n) is 4.69. The van der Waals surface area contributed by atoms with Gasteiger partial charge in [-0.1, -0.05) is 11.6 Å². The van der Waals surface area contributed by atoms with Gasteiger partial charge in [-0.05, 0) is 42.6 Å². The van der Waals surface area contributed by atoms with E-state index in [2.05, 4.69) is 15.0 Å². The van der Waals surface area contributed by atoms with Crippen LogP contribution in [0, 0.1) is 0 Å². The number of benzene rings is 1. The number of nitrogens with zero attached hydrogens (tertiary/aromatic N) is 3. The van der Waals surface area contributed by atoms with Crippen LogP contribution in [-0.4, -0.2) is 23.2 Å². The zero-order valence-electron chi connectivity index (χ0n) is 10.5. The number of nitrogen functional groups attached to an aromatic ring is 1. The molecule has 0 spiro atoms. The van der Waals surface area contributed by atoms with Gasteiger partial charge in [0.25, 0.3) is 11.8 Å². The Labute approximate surface area is 116 Å². The van der Waals surface area contributed by atoms with Gasteiger partial charge in [-0.15, -0.1) is 0 Å². The fourth-order valence-electron chi connectivity index (χ4n) is 2.25. The number of rotatable bonds is 2. The lowest BCUT2D eigenvalue weighted by Gasteiger charge is -2.24. The number of nitrogens with two attached hydrogens (primary N) is 1. The normalized spacial score (nSPS) is 15.7. The maximum atomic E-state index is 6.13. The van der Waals surface area contributed by atoms with E-state index in [1.165, 1.54) is 19.3 Å². The van der Waals surface area contributed by atoms with E-state index in [1.807, 2.05) is 0 Å². The van der Waals surface area contributed by atoms with Crippen LogP contribution in [0.25, 0.3) is 11.5 Å². The highest BCUT2D eigenvalue weighted by molar-refractivity contribution is 6.33. The van der Waals surface area contributed by atoms with E-state index in [0.717, 1.165) is 13.1 Å². The molecule has 0 atom stereocenters. The average molecular weight is 279 g/mol. The van der Waals surface area contributed by atoms with Crippen LogP contribution in [0.2, 0.25) is 5.02 Å². The fourth-order valence-corrected chi connectivity index (χ4v) is 2.45. The lowest BCUT2D eigenvalue weighted by Crippen LogP contribution is -2.30. The third-order valence-corrected chi connectivity index (χ3v) is 3.60. The first-order valence-corrected chi connectivity index (χ1v) is 6.76. The number of hydrogen-bond donors (Lipinski definition) is 1. The number of piperidine rings is 1. The Morgan fingerprint density at radius 2 is 2.00 bits per heavy atom. The standard InChI is InChI=1S/C13H15ClN4O/c14-11-5-4-9(15)8-10(11)12-16-13(17-19-12)18-6-2-1-3-7-18/h4-5,8H,1-3,6-7,15H2. The molecule has 2 heterocycles. The van der Waals surface area contributed by atoms with Gasteiger partial charge in [-0.2, -0.15) is 4.98 Å². The minimum absolute atomic E-state index is 0.415.